The van der Waals surface area contributed by atoms with E-state index in [-0.39, 0.29) is 5.69 Å². The van der Waals surface area contributed by atoms with Crippen LogP contribution in [0, 0.1) is 11.3 Å². The third-order valence-corrected chi connectivity index (χ3v) is 2.74. The van der Waals surface area contributed by atoms with Crippen molar-refractivity contribution in [3.8, 4) is 6.07 Å². The topological polar surface area (TPSA) is 104 Å². The van der Waals surface area contributed by atoms with Gasteiger partial charge >= 0.3 is 0 Å². The Morgan fingerprint density at radius 1 is 1.35 bits per heavy atom. The number of hydrazine groups is 1. The van der Waals surface area contributed by atoms with Crippen LogP contribution in [0.2, 0.25) is 5.02 Å². The van der Waals surface area contributed by atoms with Crippen LogP contribution in [0.15, 0.2) is 36.5 Å². The summed E-state index contributed by atoms with van der Waals surface area (Å²) in [7, 11) is 0. The number of benzene rings is 1. The molecule has 0 saturated heterocycles. The molecule has 0 spiro atoms. The summed E-state index contributed by atoms with van der Waals surface area (Å²) in [6.07, 6.45) is 1.45. The molecule has 0 aliphatic carbocycles. The van der Waals surface area contributed by atoms with Gasteiger partial charge in [-0.3, -0.25) is 15.6 Å². The van der Waals surface area contributed by atoms with E-state index in [1.165, 1.54) is 24.4 Å². The fraction of sp³-hybridized carbons (Fsp3) is 0. The Morgan fingerprint density at radius 2 is 2.15 bits per heavy atom. The highest BCUT2D eigenvalue weighted by Crippen LogP contribution is 2.21. The Kier molecular flexibility index (Phi) is 4.15. The Hall–Kier alpha value is -2.62. The van der Waals surface area contributed by atoms with Crippen molar-refractivity contribution in [3.63, 3.8) is 0 Å². The number of amides is 1. The molecular formula is C13H10ClN5O. The number of hydrogen-bond acceptors (Lipinski definition) is 5. The second-order valence-corrected chi connectivity index (χ2v) is 4.27. The molecule has 20 heavy (non-hydrogen) atoms. The Balaban J connectivity index is 2.28. The first kappa shape index (κ1) is 13.8. The molecule has 1 heterocycles. The van der Waals surface area contributed by atoms with Gasteiger partial charge in [-0.15, -0.1) is 0 Å². The summed E-state index contributed by atoms with van der Waals surface area (Å²) < 4.78 is 0. The molecule has 0 aliphatic heterocycles. The normalized spacial score (nSPS) is 9.65. The van der Waals surface area contributed by atoms with Crippen LogP contribution in [0.5, 0.6) is 0 Å². The average Bonchev–Trinajstić information content (AvgIpc) is 2.47. The highest BCUT2D eigenvalue weighted by Gasteiger charge is 2.11. The maximum absolute atomic E-state index is 12.1. The molecule has 0 atom stereocenters. The molecule has 7 heteroatoms. The van der Waals surface area contributed by atoms with E-state index in [0.29, 0.717) is 22.0 Å². The van der Waals surface area contributed by atoms with Crippen LogP contribution in [-0.2, 0) is 0 Å². The number of nitrogens with zero attached hydrogens (tertiary/aromatic N) is 2. The number of pyridine rings is 1. The lowest BCUT2D eigenvalue weighted by Gasteiger charge is -2.08. The highest BCUT2D eigenvalue weighted by molar-refractivity contribution is 6.31. The second-order valence-electron chi connectivity index (χ2n) is 3.83. The van der Waals surface area contributed by atoms with Gasteiger partial charge in [-0.05, 0) is 30.3 Å². The maximum atomic E-state index is 12.1. The number of nitriles is 1. The first-order valence-electron chi connectivity index (χ1n) is 5.57. The summed E-state index contributed by atoms with van der Waals surface area (Å²) in [6, 6.07) is 9.70. The van der Waals surface area contributed by atoms with E-state index < -0.39 is 5.91 Å². The number of hydrogen-bond donors (Lipinski definition) is 3. The molecule has 0 radical (unpaired) electrons. The largest absolute Gasteiger partial charge is 0.324 e. The van der Waals surface area contributed by atoms with Crippen molar-refractivity contribution < 1.29 is 4.79 Å². The molecule has 0 aliphatic rings. The molecule has 0 saturated carbocycles. The number of aromatic nitrogens is 1. The zero-order chi connectivity index (χ0) is 14.5. The zero-order valence-corrected chi connectivity index (χ0v) is 11.0. The van der Waals surface area contributed by atoms with Gasteiger partial charge in [0.05, 0.1) is 16.9 Å². The molecule has 0 bridgehead atoms. The Labute approximate surface area is 120 Å². The van der Waals surface area contributed by atoms with Gasteiger partial charge in [0.1, 0.15) is 11.8 Å². The standard InChI is InChI=1S/C13H10ClN5O/c14-9-2-1-8(7-15)11(5-9)18-13(20)12-6-10(19-16)3-4-17-12/h1-6H,16H2,(H,17,19)(H,18,20). The van der Waals surface area contributed by atoms with Crippen LogP contribution >= 0.6 is 11.6 Å². The van der Waals surface area contributed by atoms with Gasteiger partial charge in [0.25, 0.3) is 5.91 Å². The van der Waals surface area contributed by atoms with Crippen LogP contribution in [-0.4, -0.2) is 10.9 Å². The maximum Gasteiger partial charge on any atom is 0.274 e. The van der Waals surface area contributed by atoms with Gasteiger partial charge < -0.3 is 10.7 Å². The molecule has 0 unspecified atom stereocenters. The summed E-state index contributed by atoms with van der Waals surface area (Å²) >= 11 is 5.85. The number of carbonyl (C=O) groups excluding carboxylic acids is 1. The molecule has 2 aromatic rings. The fourth-order valence-corrected chi connectivity index (χ4v) is 1.72. The third-order valence-electron chi connectivity index (χ3n) is 2.51. The second kappa shape index (κ2) is 6.02. The van der Waals surface area contributed by atoms with Crippen LogP contribution in [0.25, 0.3) is 0 Å². The molecular weight excluding hydrogens is 278 g/mol. The highest BCUT2D eigenvalue weighted by atomic mass is 35.5. The lowest BCUT2D eigenvalue weighted by atomic mass is 10.2. The van der Waals surface area contributed by atoms with E-state index in [0.717, 1.165) is 0 Å². The van der Waals surface area contributed by atoms with Crippen molar-refractivity contribution in [2.75, 3.05) is 10.7 Å². The van der Waals surface area contributed by atoms with Crippen LogP contribution in [0.3, 0.4) is 0 Å². The van der Waals surface area contributed by atoms with Gasteiger partial charge in [0.2, 0.25) is 0 Å². The predicted octanol–water partition coefficient (Wildman–Crippen LogP) is 2.14. The number of rotatable bonds is 3. The van der Waals surface area contributed by atoms with Crippen LogP contribution < -0.4 is 16.6 Å². The summed E-state index contributed by atoms with van der Waals surface area (Å²) in [6.45, 7) is 0. The summed E-state index contributed by atoms with van der Waals surface area (Å²) in [5.41, 5.74) is 3.79. The quantitative estimate of drug-likeness (QED) is 0.593. The van der Waals surface area contributed by atoms with Crippen molar-refractivity contribution in [1.29, 1.82) is 5.26 Å². The number of carbonyl (C=O) groups is 1. The minimum Gasteiger partial charge on any atom is -0.324 e. The number of halogens is 1. The monoisotopic (exact) mass is 287 g/mol. The van der Waals surface area contributed by atoms with E-state index in [2.05, 4.69) is 15.7 Å². The van der Waals surface area contributed by atoms with Crippen molar-refractivity contribution in [3.05, 3.63) is 52.8 Å². The molecule has 4 N–H and O–H groups in total. The lowest BCUT2D eigenvalue weighted by Crippen LogP contribution is -2.15. The van der Waals surface area contributed by atoms with Gasteiger partial charge in [-0.1, -0.05) is 11.6 Å². The number of nitrogens with one attached hydrogen (secondary N) is 2. The van der Waals surface area contributed by atoms with Crippen molar-refractivity contribution in [2.45, 2.75) is 0 Å². The summed E-state index contributed by atoms with van der Waals surface area (Å²) in [5, 5.41) is 12.0. The first-order valence-corrected chi connectivity index (χ1v) is 5.95. The van der Waals surface area contributed by atoms with Crippen LogP contribution in [0.1, 0.15) is 16.1 Å². The SMILES string of the molecule is N#Cc1ccc(Cl)cc1NC(=O)c1cc(NN)ccn1. The number of nitrogen functional groups attached to an aromatic ring is 1. The lowest BCUT2D eigenvalue weighted by molar-refractivity contribution is 0.102. The van der Waals surface area contributed by atoms with E-state index in [9.17, 15) is 4.79 Å². The number of anilines is 2. The molecule has 2 rings (SSSR count). The van der Waals surface area contributed by atoms with E-state index >= 15 is 0 Å². The van der Waals surface area contributed by atoms with Gasteiger partial charge in [-0.25, -0.2) is 0 Å². The molecule has 0 fully saturated rings. The Morgan fingerprint density at radius 3 is 2.85 bits per heavy atom. The van der Waals surface area contributed by atoms with Crippen molar-refractivity contribution >= 4 is 28.9 Å². The minimum atomic E-state index is -0.458. The molecule has 1 amide bonds. The van der Waals surface area contributed by atoms with Gasteiger partial charge in [-0.2, -0.15) is 5.26 Å². The molecule has 100 valence electrons. The zero-order valence-electron chi connectivity index (χ0n) is 10.2. The van der Waals surface area contributed by atoms with Crippen molar-refractivity contribution in [2.24, 2.45) is 5.84 Å². The average molecular weight is 288 g/mol. The minimum absolute atomic E-state index is 0.171. The number of nitrogens with two attached hydrogens (primary N) is 1. The molecule has 1 aromatic carbocycles. The van der Waals surface area contributed by atoms with E-state index in [4.69, 9.17) is 22.7 Å². The van der Waals surface area contributed by atoms with Gasteiger partial charge in [0, 0.05) is 11.2 Å². The first-order chi connectivity index (χ1) is 9.63. The molecule has 1 aromatic heterocycles. The summed E-state index contributed by atoms with van der Waals surface area (Å²) in [5.74, 6) is 4.81. The van der Waals surface area contributed by atoms with Crippen LogP contribution in [0.4, 0.5) is 11.4 Å². The van der Waals surface area contributed by atoms with E-state index in [1.807, 2.05) is 6.07 Å². The summed E-state index contributed by atoms with van der Waals surface area (Å²) in [4.78, 5) is 16.0. The third kappa shape index (κ3) is 3.03. The van der Waals surface area contributed by atoms with Crippen molar-refractivity contribution in [1.82, 2.24) is 4.98 Å². The van der Waals surface area contributed by atoms with Gasteiger partial charge in [0.15, 0.2) is 0 Å². The molecule has 6 nitrogen and oxygen atoms in total. The van der Waals surface area contributed by atoms with E-state index in [1.54, 1.807) is 12.1 Å². The smallest absolute Gasteiger partial charge is 0.274 e. The Bertz CT molecular complexity index is 695. The fourth-order valence-electron chi connectivity index (χ4n) is 1.55. The predicted molar refractivity (Wildman–Crippen MR) is 76.2 cm³/mol.